The average Bonchev–Trinajstić information content (AvgIpc) is 2.75. The summed E-state index contributed by atoms with van der Waals surface area (Å²) in [6.07, 6.45) is 2.58. The number of carbonyl (C=O) groups is 1. The molecule has 0 spiro atoms. The van der Waals surface area contributed by atoms with Crippen LogP contribution < -0.4 is 0 Å². The summed E-state index contributed by atoms with van der Waals surface area (Å²) in [4.78, 5) is 12.0. The number of hydrogen-bond acceptors (Lipinski definition) is 2. The number of carboxylic acids is 1. The Hall–Kier alpha value is -1.94. The second-order valence-electron chi connectivity index (χ2n) is 3.81. The van der Waals surface area contributed by atoms with Gasteiger partial charge < -0.3 is 5.11 Å². The standard InChI is InChI=1S/C14H11FO2S/c1-9-3-2-4-11(15)14(9)12-7-5-10(18-12)6-8-13(16)17/h2-8H,1H3,(H,16,17)/b8-6+. The molecule has 1 heterocycles. The van der Waals surface area contributed by atoms with E-state index in [1.54, 1.807) is 18.2 Å². The molecule has 2 rings (SSSR count). The monoisotopic (exact) mass is 262 g/mol. The van der Waals surface area contributed by atoms with Crippen molar-refractivity contribution in [3.05, 3.63) is 52.7 Å². The SMILES string of the molecule is Cc1cccc(F)c1-c1ccc(/C=C/C(=O)O)s1. The number of aliphatic carboxylic acids is 1. The van der Waals surface area contributed by atoms with Crippen LogP contribution in [0, 0.1) is 12.7 Å². The molecule has 0 saturated heterocycles. The second-order valence-corrected chi connectivity index (χ2v) is 4.92. The van der Waals surface area contributed by atoms with E-state index in [1.807, 2.05) is 13.0 Å². The van der Waals surface area contributed by atoms with Gasteiger partial charge in [-0.05, 0) is 36.8 Å². The topological polar surface area (TPSA) is 37.3 Å². The van der Waals surface area contributed by atoms with Crippen molar-refractivity contribution in [3.8, 4) is 10.4 Å². The lowest BCUT2D eigenvalue weighted by Gasteiger charge is -2.03. The molecule has 1 aromatic heterocycles. The molecule has 0 saturated carbocycles. The molecule has 0 unspecified atom stereocenters. The van der Waals surface area contributed by atoms with E-state index >= 15 is 0 Å². The first-order valence-electron chi connectivity index (χ1n) is 5.34. The van der Waals surface area contributed by atoms with Gasteiger partial charge in [0.05, 0.1) is 0 Å². The van der Waals surface area contributed by atoms with Gasteiger partial charge in [-0.1, -0.05) is 12.1 Å². The van der Waals surface area contributed by atoms with E-state index in [4.69, 9.17) is 5.11 Å². The predicted octanol–water partition coefficient (Wildman–Crippen LogP) is 3.96. The fourth-order valence-electron chi connectivity index (χ4n) is 1.67. The Kier molecular flexibility index (Phi) is 3.58. The van der Waals surface area contributed by atoms with Crippen LogP contribution in [0.5, 0.6) is 0 Å². The van der Waals surface area contributed by atoms with Crippen LogP contribution in [-0.2, 0) is 4.79 Å². The van der Waals surface area contributed by atoms with Crippen LogP contribution in [-0.4, -0.2) is 11.1 Å². The fourth-order valence-corrected chi connectivity index (χ4v) is 2.70. The van der Waals surface area contributed by atoms with Gasteiger partial charge in [0, 0.05) is 21.4 Å². The van der Waals surface area contributed by atoms with Crippen molar-refractivity contribution in [1.29, 1.82) is 0 Å². The molecule has 1 aromatic carbocycles. The molecular formula is C14H11FO2S. The summed E-state index contributed by atoms with van der Waals surface area (Å²) in [5.41, 5.74) is 1.45. The fraction of sp³-hybridized carbons (Fsp3) is 0.0714. The molecule has 2 nitrogen and oxygen atoms in total. The first kappa shape index (κ1) is 12.5. The Morgan fingerprint density at radius 1 is 1.33 bits per heavy atom. The number of aryl methyl sites for hydroxylation is 1. The molecule has 18 heavy (non-hydrogen) atoms. The predicted molar refractivity (Wildman–Crippen MR) is 71.1 cm³/mol. The van der Waals surface area contributed by atoms with E-state index in [0.717, 1.165) is 21.4 Å². The number of thiophene rings is 1. The van der Waals surface area contributed by atoms with Crippen LogP contribution in [0.2, 0.25) is 0 Å². The molecule has 1 N–H and O–H groups in total. The van der Waals surface area contributed by atoms with Crippen molar-refractivity contribution < 1.29 is 14.3 Å². The summed E-state index contributed by atoms with van der Waals surface area (Å²) >= 11 is 1.37. The molecule has 0 atom stereocenters. The maximum Gasteiger partial charge on any atom is 0.328 e. The molecule has 0 fully saturated rings. The molecule has 0 aliphatic carbocycles. The quantitative estimate of drug-likeness (QED) is 0.850. The number of carboxylic acid groups (broad SMARTS) is 1. The van der Waals surface area contributed by atoms with E-state index < -0.39 is 5.97 Å². The third-order valence-electron chi connectivity index (χ3n) is 2.49. The Morgan fingerprint density at radius 2 is 2.11 bits per heavy atom. The summed E-state index contributed by atoms with van der Waals surface area (Å²) in [5.74, 6) is -1.25. The minimum absolute atomic E-state index is 0.259. The molecule has 0 aliphatic heterocycles. The lowest BCUT2D eigenvalue weighted by atomic mass is 10.1. The van der Waals surface area contributed by atoms with E-state index in [2.05, 4.69) is 0 Å². The zero-order chi connectivity index (χ0) is 13.1. The lowest BCUT2D eigenvalue weighted by Crippen LogP contribution is -1.85. The van der Waals surface area contributed by atoms with Crippen molar-refractivity contribution in [3.63, 3.8) is 0 Å². The van der Waals surface area contributed by atoms with Gasteiger partial charge in [-0.2, -0.15) is 0 Å². The summed E-state index contributed by atoms with van der Waals surface area (Å²) in [6, 6.07) is 8.54. The highest BCUT2D eigenvalue weighted by molar-refractivity contribution is 7.16. The lowest BCUT2D eigenvalue weighted by molar-refractivity contribution is -0.131. The maximum absolute atomic E-state index is 13.8. The largest absolute Gasteiger partial charge is 0.478 e. The van der Waals surface area contributed by atoms with Crippen LogP contribution in [0.3, 0.4) is 0 Å². The Morgan fingerprint density at radius 3 is 2.78 bits per heavy atom. The van der Waals surface area contributed by atoms with E-state index in [9.17, 15) is 9.18 Å². The van der Waals surface area contributed by atoms with Crippen molar-refractivity contribution >= 4 is 23.4 Å². The van der Waals surface area contributed by atoms with Gasteiger partial charge in [0.25, 0.3) is 0 Å². The molecule has 0 amide bonds. The summed E-state index contributed by atoms with van der Waals surface area (Å²) in [5, 5.41) is 8.54. The zero-order valence-electron chi connectivity index (χ0n) is 9.68. The van der Waals surface area contributed by atoms with E-state index in [-0.39, 0.29) is 5.82 Å². The van der Waals surface area contributed by atoms with Crippen LogP contribution >= 0.6 is 11.3 Å². The molecule has 0 aliphatic rings. The van der Waals surface area contributed by atoms with Crippen LogP contribution in [0.25, 0.3) is 16.5 Å². The van der Waals surface area contributed by atoms with Gasteiger partial charge in [-0.25, -0.2) is 9.18 Å². The Balaban J connectivity index is 2.38. The first-order chi connectivity index (χ1) is 8.58. The molecule has 0 bridgehead atoms. The van der Waals surface area contributed by atoms with Gasteiger partial charge in [-0.15, -0.1) is 11.3 Å². The molecular weight excluding hydrogens is 251 g/mol. The normalized spacial score (nSPS) is 11.0. The van der Waals surface area contributed by atoms with Gasteiger partial charge >= 0.3 is 5.97 Å². The van der Waals surface area contributed by atoms with E-state index in [1.165, 1.54) is 23.5 Å². The summed E-state index contributed by atoms with van der Waals surface area (Å²) in [7, 11) is 0. The highest BCUT2D eigenvalue weighted by Crippen LogP contribution is 2.33. The van der Waals surface area contributed by atoms with Crippen LogP contribution in [0.1, 0.15) is 10.4 Å². The smallest absolute Gasteiger partial charge is 0.328 e. The molecule has 4 heteroatoms. The number of benzene rings is 1. The number of rotatable bonds is 3. The minimum Gasteiger partial charge on any atom is -0.478 e. The molecule has 0 radical (unpaired) electrons. The number of hydrogen-bond donors (Lipinski definition) is 1. The zero-order valence-corrected chi connectivity index (χ0v) is 10.5. The van der Waals surface area contributed by atoms with Crippen LogP contribution in [0.4, 0.5) is 4.39 Å². The van der Waals surface area contributed by atoms with Gasteiger partial charge in [0.2, 0.25) is 0 Å². The van der Waals surface area contributed by atoms with Gasteiger partial charge in [-0.3, -0.25) is 0 Å². The van der Waals surface area contributed by atoms with Gasteiger partial charge in [0.15, 0.2) is 0 Å². The molecule has 92 valence electrons. The Bertz CT molecular complexity index is 594. The third-order valence-corrected chi connectivity index (χ3v) is 3.55. The van der Waals surface area contributed by atoms with Crippen LogP contribution in [0.15, 0.2) is 36.4 Å². The minimum atomic E-state index is -0.993. The summed E-state index contributed by atoms with van der Waals surface area (Å²) < 4.78 is 13.8. The third kappa shape index (κ3) is 2.65. The van der Waals surface area contributed by atoms with Gasteiger partial charge in [0.1, 0.15) is 5.82 Å². The maximum atomic E-state index is 13.8. The van der Waals surface area contributed by atoms with Crippen molar-refractivity contribution in [2.24, 2.45) is 0 Å². The first-order valence-corrected chi connectivity index (χ1v) is 6.16. The Labute approximate surface area is 108 Å². The van der Waals surface area contributed by atoms with Crippen molar-refractivity contribution in [2.75, 3.05) is 0 Å². The highest BCUT2D eigenvalue weighted by atomic mass is 32.1. The summed E-state index contributed by atoms with van der Waals surface area (Å²) in [6.45, 7) is 1.85. The second kappa shape index (κ2) is 5.14. The highest BCUT2D eigenvalue weighted by Gasteiger charge is 2.09. The van der Waals surface area contributed by atoms with E-state index in [0.29, 0.717) is 5.56 Å². The van der Waals surface area contributed by atoms with Crippen molar-refractivity contribution in [2.45, 2.75) is 6.92 Å². The number of halogens is 1. The average molecular weight is 262 g/mol. The van der Waals surface area contributed by atoms with Crippen molar-refractivity contribution in [1.82, 2.24) is 0 Å². The molecule has 2 aromatic rings.